The van der Waals surface area contributed by atoms with Crippen LogP contribution in [-0.4, -0.2) is 21.6 Å². The summed E-state index contributed by atoms with van der Waals surface area (Å²) in [6, 6.07) is 12.2. The zero-order valence-corrected chi connectivity index (χ0v) is 12.9. The molecular formula is C17H13FN4O3. The van der Waals surface area contributed by atoms with E-state index in [1.54, 1.807) is 24.3 Å². The van der Waals surface area contributed by atoms with Crippen LogP contribution in [-0.2, 0) is 11.3 Å². The number of rotatable bonds is 3. The van der Waals surface area contributed by atoms with E-state index in [0.29, 0.717) is 10.8 Å². The van der Waals surface area contributed by atoms with Gasteiger partial charge in [0, 0.05) is 5.39 Å². The van der Waals surface area contributed by atoms with Gasteiger partial charge in [-0.05, 0) is 18.2 Å². The highest BCUT2D eigenvalue weighted by Gasteiger charge is 2.13. The number of aromatic nitrogens is 2. The van der Waals surface area contributed by atoms with E-state index in [4.69, 9.17) is 0 Å². The fraction of sp³-hybridized carbons (Fsp3) is 0.0588. The van der Waals surface area contributed by atoms with Gasteiger partial charge < -0.3 is 0 Å². The zero-order valence-electron chi connectivity index (χ0n) is 12.9. The zero-order chi connectivity index (χ0) is 17.8. The molecule has 0 aliphatic rings. The highest BCUT2D eigenvalue weighted by atomic mass is 19.1. The Labute approximate surface area is 141 Å². The van der Waals surface area contributed by atoms with Crippen LogP contribution in [0.1, 0.15) is 10.4 Å². The van der Waals surface area contributed by atoms with Gasteiger partial charge in [0.05, 0.1) is 17.1 Å². The lowest BCUT2D eigenvalue weighted by molar-refractivity contribution is -0.122. The summed E-state index contributed by atoms with van der Waals surface area (Å²) >= 11 is 0. The average molecular weight is 340 g/mol. The predicted molar refractivity (Wildman–Crippen MR) is 88.0 cm³/mol. The van der Waals surface area contributed by atoms with Gasteiger partial charge in [0.15, 0.2) is 0 Å². The second kappa shape index (κ2) is 6.91. The first-order valence-electron chi connectivity index (χ1n) is 7.35. The van der Waals surface area contributed by atoms with Crippen molar-refractivity contribution in [3.05, 3.63) is 76.5 Å². The number of carbonyl (C=O) groups excluding carboxylic acids is 2. The van der Waals surface area contributed by atoms with Crippen LogP contribution in [0.5, 0.6) is 0 Å². The number of hydrazine groups is 1. The first-order chi connectivity index (χ1) is 12.1. The number of nitrogens with zero attached hydrogens (tertiary/aromatic N) is 2. The van der Waals surface area contributed by atoms with Crippen LogP contribution in [0.3, 0.4) is 0 Å². The molecule has 0 aliphatic carbocycles. The van der Waals surface area contributed by atoms with E-state index in [-0.39, 0.29) is 12.1 Å². The van der Waals surface area contributed by atoms with Crippen LogP contribution in [0, 0.1) is 5.82 Å². The van der Waals surface area contributed by atoms with Gasteiger partial charge in [0.25, 0.3) is 17.4 Å². The molecule has 126 valence electrons. The number of hydrogen-bond acceptors (Lipinski definition) is 4. The third-order valence-electron chi connectivity index (χ3n) is 3.49. The summed E-state index contributed by atoms with van der Waals surface area (Å²) in [6.45, 7) is -0.388. The summed E-state index contributed by atoms with van der Waals surface area (Å²) in [7, 11) is 0. The summed E-state index contributed by atoms with van der Waals surface area (Å²) in [6.07, 6.45) is 1.47. The topological polar surface area (TPSA) is 93.1 Å². The molecule has 0 spiro atoms. The molecule has 3 rings (SSSR count). The molecule has 3 aromatic rings. The smallest absolute Gasteiger partial charge is 0.271 e. The Morgan fingerprint density at radius 1 is 1.04 bits per heavy atom. The van der Waals surface area contributed by atoms with Crippen molar-refractivity contribution in [1.82, 2.24) is 20.6 Å². The highest BCUT2D eigenvalue weighted by Crippen LogP contribution is 2.06. The maximum absolute atomic E-state index is 13.5. The largest absolute Gasteiger partial charge is 0.275 e. The Kier molecular flexibility index (Phi) is 4.51. The van der Waals surface area contributed by atoms with Crippen LogP contribution < -0.4 is 16.4 Å². The lowest BCUT2D eigenvalue weighted by atomic mass is 10.2. The van der Waals surface area contributed by atoms with Crippen LogP contribution in [0.2, 0.25) is 0 Å². The maximum atomic E-state index is 13.5. The molecule has 0 fully saturated rings. The van der Waals surface area contributed by atoms with E-state index in [1.807, 2.05) is 0 Å². The molecule has 0 bridgehead atoms. The monoisotopic (exact) mass is 340 g/mol. The molecule has 0 aliphatic heterocycles. The van der Waals surface area contributed by atoms with E-state index < -0.39 is 23.2 Å². The summed E-state index contributed by atoms with van der Waals surface area (Å²) in [5.74, 6) is -2.18. The summed E-state index contributed by atoms with van der Waals surface area (Å²) < 4.78 is 14.5. The van der Waals surface area contributed by atoms with E-state index in [2.05, 4.69) is 16.0 Å². The van der Waals surface area contributed by atoms with E-state index in [1.165, 1.54) is 24.4 Å². The minimum atomic E-state index is -0.801. The van der Waals surface area contributed by atoms with Gasteiger partial charge in [-0.2, -0.15) is 5.10 Å². The summed E-state index contributed by atoms with van der Waals surface area (Å²) in [4.78, 5) is 36.0. The van der Waals surface area contributed by atoms with Gasteiger partial charge in [0.2, 0.25) is 0 Å². The van der Waals surface area contributed by atoms with Crippen LogP contribution in [0.25, 0.3) is 10.8 Å². The van der Waals surface area contributed by atoms with Gasteiger partial charge in [0.1, 0.15) is 12.4 Å². The number of nitrogens with one attached hydrogen (secondary N) is 2. The number of hydrogen-bond donors (Lipinski definition) is 2. The molecule has 8 heteroatoms. The normalized spacial score (nSPS) is 10.4. The number of carbonyl (C=O) groups is 2. The first-order valence-corrected chi connectivity index (χ1v) is 7.35. The molecule has 1 aromatic heterocycles. The lowest BCUT2D eigenvalue weighted by Gasteiger charge is -2.09. The number of benzene rings is 2. The predicted octanol–water partition coefficient (Wildman–Crippen LogP) is 0.997. The molecule has 0 radical (unpaired) electrons. The van der Waals surface area contributed by atoms with Crippen molar-refractivity contribution in [3.8, 4) is 0 Å². The molecule has 2 N–H and O–H groups in total. The fourth-order valence-electron chi connectivity index (χ4n) is 2.26. The van der Waals surface area contributed by atoms with Gasteiger partial charge in [-0.15, -0.1) is 0 Å². The van der Waals surface area contributed by atoms with E-state index >= 15 is 0 Å². The average Bonchev–Trinajstić information content (AvgIpc) is 2.63. The molecular weight excluding hydrogens is 327 g/mol. The van der Waals surface area contributed by atoms with Crippen LogP contribution >= 0.6 is 0 Å². The Morgan fingerprint density at radius 3 is 2.56 bits per heavy atom. The molecule has 7 nitrogen and oxygen atoms in total. The standard InChI is InChI=1S/C17H13FN4O3/c18-14-8-4-3-7-13(14)16(24)21-20-15(23)10-22-17(25)12-6-2-1-5-11(12)9-19-22/h1-9H,10H2,(H,20,23)(H,21,24). The Morgan fingerprint density at radius 2 is 1.76 bits per heavy atom. The van der Waals surface area contributed by atoms with Crippen molar-refractivity contribution in [3.63, 3.8) is 0 Å². The number of amides is 2. The summed E-state index contributed by atoms with van der Waals surface area (Å²) in [5, 5.41) is 5.01. The van der Waals surface area contributed by atoms with Gasteiger partial charge in [-0.1, -0.05) is 30.3 Å². The van der Waals surface area contributed by atoms with E-state index in [0.717, 1.165) is 10.7 Å². The number of halogens is 1. The molecule has 0 unspecified atom stereocenters. The second-order valence-electron chi connectivity index (χ2n) is 5.18. The second-order valence-corrected chi connectivity index (χ2v) is 5.18. The minimum Gasteiger partial charge on any atom is -0.271 e. The Hall–Kier alpha value is -3.55. The van der Waals surface area contributed by atoms with Crippen molar-refractivity contribution in [2.24, 2.45) is 0 Å². The molecule has 1 heterocycles. The fourth-order valence-corrected chi connectivity index (χ4v) is 2.26. The van der Waals surface area contributed by atoms with Gasteiger partial charge >= 0.3 is 0 Å². The Bertz CT molecular complexity index is 1020. The Balaban J connectivity index is 1.67. The van der Waals surface area contributed by atoms with Gasteiger partial charge in [-0.25, -0.2) is 9.07 Å². The van der Waals surface area contributed by atoms with Crippen molar-refractivity contribution in [2.75, 3.05) is 0 Å². The molecule has 0 atom stereocenters. The maximum Gasteiger partial charge on any atom is 0.275 e. The SMILES string of the molecule is O=C(Cn1ncc2ccccc2c1=O)NNC(=O)c1ccccc1F. The quantitative estimate of drug-likeness (QED) is 0.696. The minimum absolute atomic E-state index is 0.205. The summed E-state index contributed by atoms with van der Waals surface area (Å²) in [5.41, 5.74) is 3.59. The van der Waals surface area contributed by atoms with Crippen molar-refractivity contribution >= 4 is 22.6 Å². The third-order valence-corrected chi connectivity index (χ3v) is 3.49. The van der Waals surface area contributed by atoms with Crippen LogP contribution in [0.4, 0.5) is 4.39 Å². The number of fused-ring (bicyclic) bond motifs is 1. The van der Waals surface area contributed by atoms with Crippen molar-refractivity contribution in [1.29, 1.82) is 0 Å². The van der Waals surface area contributed by atoms with Gasteiger partial charge in [-0.3, -0.25) is 25.2 Å². The molecule has 2 amide bonds. The highest BCUT2D eigenvalue weighted by molar-refractivity contribution is 5.95. The van der Waals surface area contributed by atoms with E-state index in [9.17, 15) is 18.8 Å². The third kappa shape index (κ3) is 3.52. The van der Waals surface area contributed by atoms with Crippen LogP contribution in [0.15, 0.2) is 59.5 Å². The molecule has 25 heavy (non-hydrogen) atoms. The molecule has 0 saturated carbocycles. The van der Waals surface area contributed by atoms with Crippen molar-refractivity contribution < 1.29 is 14.0 Å². The lowest BCUT2D eigenvalue weighted by Crippen LogP contribution is -2.44. The first kappa shape index (κ1) is 16.3. The van der Waals surface area contributed by atoms with Crippen molar-refractivity contribution in [2.45, 2.75) is 6.54 Å². The molecule has 2 aromatic carbocycles. The molecule has 0 saturated heterocycles.